The van der Waals surface area contributed by atoms with Crippen molar-refractivity contribution in [2.75, 3.05) is 19.6 Å². The number of nitrogens with two attached hydrogens (primary N) is 6. The lowest BCUT2D eigenvalue weighted by molar-refractivity contribution is -0.142. The van der Waals surface area contributed by atoms with Crippen LogP contribution in [0.5, 0.6) is 0 Å². The standard InChI is InChI=1S/C47H62BrN15O8S/c48-28-15-13-26(14-16-28)21-35(62-43(69)36(58-39(65)23-29-7-6-20-72-29)22-27-25-57-31-9-2-1-8-30(27)31)42(68)60-33(11-4-18-56-47(53)54)45(71)63-19-5-12-37(63)44(70)59-32(10-3-17-55-46(51)52)41(67)61-34(40(50)66)24-38(49)64/h1-2,6-9,13-16,20,25,32-37,57H,3-5,10-12,17-19,21-24H2,(H2,49,64)(H2,50,66)(H,58,65)(H,59,70)(H,60,68)(H,61,67)(H,62,69)(H4,51,52,55)(H4,53,54,56)/t32-,33-,34-,35-,36-,37-/m0/s1. The molecule has 0 bridgehead atoms. The summed E-state index contributed by atoms with van der Waals surface area (Å²) in [5.41, 5.74) is 35.0. The molecule has 1 aliphatic heterocycles. The van der Waals surface area contributed by atoms with Crippen LogP contribution in [0, 0.1) is 0 Å². The number of benzene rings is 2. The number of para-hydroxylation sites is 1. The summed E-state index contributed by atoms with van der Waals surface area (Å²) in [7, 11) is 0. The molecule has 4 aromatic rings. The van der Waals surface area contributed by atoms with Gasteiger partial charge < -0.3 is 70.9 Å². The van der Waals surface area contributed by atoms with Crippen molar-refractivity contribution in [3.8, 4) is 0 Å². The van der Waals surface area contributed by atoms with E-state index >= 15 is 0 Å². The zero-order valence-corrected chi connectivity index (χ0v) is 41.8. The molecule has 8 amide bonds. The number of thiophene rings is 1. The fourth-order valence-electron chi connectivity index (χ4n) is 8.16. The number of H-pyrrole nitrogens is 1. The van der Waals surface area contributed by atoms with Crippen LogP contribution >= 0.6 is 27.3 Å². The first-order valence-electron chi connectivity index (χ1n) is 23.2. The minimum absolute atomic E-state index is 0.00268. The number of carbonyl (C=O) groups excluding carboxylic acids is 8. The molecule has 3 heterocycles. The lowest BCUT2D eigenvalue weighted by atomic mass is 10.0. The Bertz CT molecular complexity index is 2600. The molecule has 1 fully saturated rings. The van der Waals surface area contributed by atoms with E-state index in [1.54, 1.807) is 30.5 Å². The van der Waals surface area contributed by atoms with Gasteiger partial charge >= 0.3 is 0 Å². The summed E-state index contributed by atoms with van der Waals surface area (Å²) in [6, 6.07) is 10.6. The highest BCUT2D eigenvalue weighted by Crippen LogP contribution is 2.22. The second-order valence-electron chi connectivity index (χ2n) is 17.2. The van der Waals surface area contributed by atoms with Crippen molar-refractivity contribution >= 4 is 97.3 Å². The van der Waals surface area contributed by atoms with E-state index in [9.17, 15) is 38.4 Å². The van der Waals surface area contributed by atoms with Gasteiger partial charge in [-0.1, -0.05) is 52.3 Å². The van der Waals surface area contributed by atoms with E-state index in [2.05, 4.69) is 57.5 Å². The Kier molecular flexibility index (Phi) is 20.9. The number of rotatable bonds is 27. The summed E-state index contributed by atoms with van der Waals surface area (Å²) in [6.07, 6.45) is 2.15. The number of aromatic nitrogens is 1. The van der Waals surface area contributed by atoms with Crippen molar-refractivity contribution in [3.63, 3.8) is 0 Å². The fraction of sp³-hybridized carbons (Fsp3) is 0.404. The highest BCUT2D eigenvalue weighted by atomic mass is 79.9. The third-order valence-corrected chi connectivity index (χ3v) is 13.1. The smallest absolute Gasteiger partial charge is 0.245 e. The third kappa shape index (κ3) is 17.1. The molecule has 0 unspecified atom stereocenters. The van der Waals surface area contributed by atoms with Gasteiger partial charge in [0.2, 0.25) is 47.3 Å². The van der Waals surface area contributed by atoms with Crippen LogP contribution in [-0.2, 0) is 57.6 Å². The van der Waals surface area contributed by atoms with E-state index in [1.807, 2.05) is 41.8 Å². The summed E-state index contributed by atoms with van der Waals surface area (Å²) in [4.78, 5) is 122. The molecule has 1 saturated heterocycles. The molecule has 0 saturated carbocycles. The first-order valence-corrected chi connectivity index (χ1v) is 24.9. The molecule has 0 aliphatic carbocycles. The summed E-state index contributed by atoms with van der Waals surface area (Å²) in [5.74, 6) is -6.34. The third-order valence-electron chi connectivity index (χ3n) is 11.7. The van der Waals surface area contributed by atoms with Gasteiger partial charge in [0.1, 0.15) is 36.3 Å². The van der Waals surface area contributed by atoms with Gasteiger partial charge in [-0.25, -0.2) is 0 Å². The number of nitrogens with zero attached hydrogens (tertiary/aromatic N) is 3. The Morgan fingerprint density at radius 2 is 1.32 bits per heavy atom. The number of hydrogen-bond acceptors (Lipinski definition) is 11. The van der Waals surface area contributed by atoms with Crippen LogP contribution in [0.4, 0.5) is 0 Å². The van der Waals surface area contributed by atoms with E-state index in [-0.39, 0.29) is 82.9 Å². The number of aromatic amines is 1. The maximum atomic E-state index is 14.7. The first kappa shape index (κ1) is 55.4. The highest BCUT2D eigenvalue weighted by molar-refractivity contribution is 9.10. The molecule has 1 aliphatic rings. The maximum absolute atomic E-state index is 14.7. The molecule has 72 heavy (non-hydrogen) atoms. The second kappa shape index (κ2) is 27.2. The average molecular weight is 1080 g/mol. The van der Waals surface area contributed by atoms with Gasteiger partial charge in [0.05, 0.1) is 12.8 Å². The number of likely N-dealkylation sites (tertiary alicyclic amines) is 1. The summed E-state index contributed by atoms with van der Waals surface area (Å²) in [5, 5.41) is 16.3. The minimum Gasteiger partial charge on any atom is -0.370 e. The topological polar surface area (TPSA) is 397 Å². The monoisotopic (exact) mass is 1080 g/mol. The van der Waals surface area contributed by atoms with Crippen LogP contribution in [-0.4, -0.2) is 125 Å². The van der Waals surface area contributed by atoms with Gasteiger partial charge in [-0.3, -0.25) is 48.3 Å². The van der Waals surface area contributed by atoms with E-state index in [1.165, 1.54) is 16.2 Å². The molecule has 2 aromatic carbocycles. The Hall–Kier alpha value is -7.54. The zero-order valence-electron chi connectivity index (χ0n) is 39.4. The molecule has 23 nitrogen and oxygen atoms in total. The molecule has 386 valence electrons. The van der Waals surface area contributed by atoms with Crippen LogP contribution in [0.3, 0.4) is 0 Å². The summed E-state index contributed by atoms with van der Waals surface area (Å²) >= 11 is 4.83. The number of carbonyl (C=O) groups is 8. The zero-order chi connectivity index (χ0) is 52.3. The predicted octanol–water partition coefficient (Wildman–Crippen LogP) is -1.10. The molecular weight excluding hydrogens is 1010 g/mol. The van der Waals surface area contributed by atoms with Gasteiger partial charge in [0, 0.05) is 58.9 Å². The molecule has 6 atom stereocenters. The minimum atomic E-state index is -1.47. The van der Waals surface area contributed by atoms with Gasteiger partial charge in [0.15, 0.2) is 11.9 Å². The molecule has 18 N–H and O–H groups in total. The lowest BCUT2D eigenvalue weighted by Gasteiger charge is -2.31. The molecule has 0 radical (unpaired) electrons. The number of guanidine groups is 2. The van der Waals surface area contributed by atoms with E-state index < -0.39 is 89.9 Å². The number of hydrogen-bond donors (Lipinski definition) is 12. The highest BCUT2D eigenvalue weighted by Gasteiger charge is 2.40. The van der Waals surface area contributed by atoms with Crippen LogP contribution < -0.4 is 61.0 Å². The van der Waals surface area contributed by atoms with Crippen molar-refractivity contribution in [1.82, 2.24) is 36.5 Å². The lowest BCUT2D eigenvalue weighted by Crippen LogP contribution is -2.60. The Morgan fingerprint density at radius 1 is 0.708 bits per heavy atom. The second-order valence-corrected chi connectivity index (χ2v) is 19.1. The van der Waals surface area contributed by atoms with Crippen LogP contribution in [0.25, 0.3) is 10.9 Å². The summed E-state index contributed by atoms with van der Waals surface area (Å²) < 4.78 is 0.773. The number of amides is 8. The normalized spacial score (nSPS) is 15.2. The van der Waals surface area contributed by atoms with Crippen molar-refractivity contribution in [2.45, 2.75) is 100 Å². The quantitative estimate of drug-likeness (QED) is 0.0193. The SMILES string of the molecule is NC(=O)C[C@H](NC(=O)[C@H](CCCN=C(N)N)NC(=O)[C@@H]1CCCN1C(=O)[C@H](CCCN=C(N)N)NC(=O)[C@H](Cc1ccc(Br)cc1)NC(=O)[C@H](Cc1c[nH]c2ccccc12)NC(=O)Cc1cccs1)C(N)=O. The summed E-state index contributed by atoms with van der Waals surface area (Å²) in [6.45, 7) is 0.265. The Morgan fingerprint density at radius 3 is 1.94 bits per heavy atom. The maximum Gasteiger partial charge on any atom is 0.245 e. The number of primary amides is 2. The molecular formula is C47H62BrN15O8S. The number of aliphatic imine (C=N–C) groups is 2. The molecule has 0 spiro atoms. The largest absolute Gasteiger partial charge is 0.370 e. The Labute approximate surface area is 427 Å². The number of fused-ring (bicyclic) bond motifs is 1. The Balaban J connectivity index is 1.41. The van der Waals surface area contributed by atoms with Gasteiger partial charge in [-0.2, -0.15) is 0 Å². The predicted molar refractivity (Wildman–Crippen MR) is 275 cm³/mol. The van der Waals surface area contributed by atoms with E-state index in [0.29, 0.717) is 12.0 Å². The van der Waals surface area contributed by atoms with E-state index in [0.717, 1.165) is 25.8 Å². The average Bonchev–Trinajstić information content (AvgIpc) is 4.13. The van der Waals surface area contributed by atoms with Crippen LogP contribution in [0.1, 0.15) is 60.9 Å². The molecule has 25 heteroatoms. The first-order chi connectivity index (χ1) is 34.4. The number of nitrogens with one attached hydrogen (secondary N) is 6. The fourth-order valence-corrected chi connectivity index (χ4v) is 9.13. The molecule has 5 rings (SSSR count). The van der Waals surface area contributed by atoms with Crippen molar-refractivity contribution in [2.24, 2.45) is 44.4 Å². The molecule has 2 aromatic heterocycles. The van der Waals surface area contributed by atoms with Crippen molar-refractivity contribution in [3.05, 3.63) is 92.7 Å². The van der Waals surface area contributed by atoms with Gasteiger partial charge in [-0.05, 0) is 79.3 Å². The van der Waals surface area contributed by atoms with Gasteiger partial charge in [0.25, 0.3) is 0 Å². The van der Waals surface area contributed by atoms with Crippen LogP contribution in [0.15, 0.2) is 86.7 Å². The van der Waals surface area contributed by atoms with E-state index in [4.69, 9.17) is 34.4 Å². The number of halogens is 1. The van der Waals surface area contributed by atoms with Crippen molar-refractivity contribution in [1.29, 1.82) is 0 Å². The van der Waals surface area contributed by atoms with Gasteiger partial charge in [-0.15, -0.1) is 11.3 Å². The van der Waals surface area contributed by atoms with Crippen molar-refractivity contribution < 1.29 is 38.4 Å². The van der Waals surface area contributed by atoms with Crippen LogP contribution in [0.2, 0.25) is 0 Å².